The number of rotatable bonds is 11. The van der Waals surface area contributed by atoms with Crippen molar-refractivity contribution in [1.82, 2.24) is 9.97 Å². The number of hydrogen-bond acceptors (Lipinski definition) is 10. The molecule has 0 amide bonds. The highest BCUT2D eigenvalue weighted by atomic mass is 16.5. The van der Waals surface area contributed by atoms with Crippen LogP contribution in [0.1, 0.15) is 99.8 Å². The SMILES string of the molecule is COc1ccc(C2CC(c3ccc(-c4ccc(C5=NN(c6ccc(-c7nc8cc(C(C)(C)C)ccc8o7)cc6)C(c6ccc(OC)cc6)C5)cc4)cc3)=NN2c2ccc(-c3nc4cc(C(C)(C)C)ccc4o3)cc2)cc1. The fourth-order valence-corrected chi connectivity index (χ4v) is 10.3. The van der Waals surface area contributed by atoms with E-state index in [-0.39, 0.29) is 22.9 Å². The third-order valence-electron chi connectivity index (χ3n) is 14.9. The van der Waals surface area contributed by atoms with E-state index in [9.17, 15) is 0 Å². The Hall–Kier alpha value is -8.76. The first-order chi connectivity index (χ1) is 36.7. The maximum atomic E-state index is 6.24. The van der Waals surface area contributed by atoms with E-state index in [1.54, 1.807) is 14.2 Å². The third kappa shape index (κ3) is 9.40. The van der Waals surface area contributed by atoms with Gasteiger partial charge >= 0.3 is 0 Å². The number of aromatic nitrogens is 2. The van der Waals surface area contributed by atoms with Crippen LogP contribution in [0.4, 0.5) is 11.4 Å². The Labute approximate surface area is 444 Å². The van der Waals surface area contributed by atoms with Crippen LogP contribution in [0.2, 0.25) is 0 Å². The Morgan fingerprint density at radius 3 is 1.09 bits per heavy atom. The molecule has 10 aromatic rings. The number of methoxy groups -OCH3 is 2. The molecule has 378 valence electrons. The third-order valence-corrected chi connectivity index (χ3v) is 14.9. The molecule has 2 aliphatic rings. The van der Waals surface area contributed by atoms with Gasteiger partial charge in [-0.05, 0) is 152 Å². The molecule has 12 rings (SSSR count). The van der Waals surface area contributed by atoms with Crippen LogP contribution in [0.5, 0.6) is 11.5 Å². The second-order valence-electron chi connectivity index (χ2n) is 21.9. The minimum Gasteiger partial charge on any atom is -0.497 e. The van der Waals surface area contributed by atoms with E-state index in [0.29, 0.717) is 11.8 Å². The van der Waals surface area contributed by atoms with Crippen LogP contribution >= 0.6 is 0 Å². The molecule has 0 N–H and O–H groups in total. The van der Waals surface area contributed by atoms with Gasteiger partial charge in [-0.1, -0.05) is 126 Å². The average molecular weight is 1000 g/mol. The predicted octanol–water partition coefficient (Wildman–Crippen LogP) is 16.3. The van der Waals surface area contributed by atoms with Crippen molar-refractivity contribution < 1.29 is 18.3 Å². The zero-order valence-electron chi connectivity index (χ0n) is 44.2. The molecule has 0 radical (unpaired) electrons. The summed E-state index contributed by atoms with van der Waals surface area (Å²) in [4.78, 5) is 9.77. The maximum absolute atomic E-state index is 6.24. The molecule has 76 heavy (non-hydrogen) atoms. The summed E-state index contributed by atoms with van der Waals surface area (Å²) in [7, 11) is 3.39. The molecule has 2 atom stereocenters. The Kier molecular flexibility index (Phi) is 12.2. The van der Waals surface area contributed by atoms with Gasteiger partial charge in [0.2, 0.25) is 11.8 Å². The highest BCUT2D eigenvalue weighted by Gasteiger charge is 2.32. The van der Waals surface area contributed by atoms with Crippen LogP contribution in [0.3, 0.4) is 0 Å². The van der Waals surface area contributed by atoms with E-state index in [4.69, 9.17) is 38.5 Å². The van der Waals surface area contributed by atoms with Crippen molar-refractivity contribution in [1.29, 1.82) is 0 Å². The summed E-state index contributed by atoms with van der Waals surface area (Å²) >= 11 is 0. The van der Waals surface area contributed by atoms with Crippen molar-refractivity contribution in [3.63, 3.8) is 0 Å². The second kappa shape index (κ2) is 19.2. The van der Waals surface area contributed by atoms with Crippen LogP contribution in [0.15, 0.2) is 201 Å². The van der Waals surface area contributed by atoms with Crippen molar-refractivity contribution in [2.45, 2.75) is 77.3 Å². The van der Waals surface area contributed by atoms with Gasteiger partial charge in [-0.2, -0.15) is 10.2 Å². The van der Waals surface area contributed by atoms with Gasteiger partial charge in [0.25, 0.3) is 0 Å². The lowest BCUT2D eigenvalue weighted by atomic mass is 9.87. The van der Waals surface area contributed by atoms with E-state index in [2.05, 4.69) is 197 Å². The summed E-state index contributed by atoms with van der Waals surface area (Å²) in [5, 5.41) is 14.9. The number of hydrazone groups is 2. The van der Waals surface area contributed by atoms with Gasteiger partial charge < -0.3 is 18.3 Å². The summed E-state index contributed by atoms with van der Waals surface area (Å²) in [6.45, 7) is 13.3. The van der Waals surface area contributed by atoms with E-state index in [1.807, 2.05) is 36.4 Å². The summed E-state index contributed by atoms with van der Waals surface area (Å²) in [6, 6.07) is 63.4. The van der Waals surface area contributed by atoms with Gasteiger partial charge in [0.05, 0.1) is 49.1 Å². The van der Waals surface area contributed by atoms with E-state index < -0.39 is 0 Å². The smallest absolute Gasteiger partial charge is 0.227 e. The minimum absolute atomic E-state index is 0.0143. The van der Waals surface area contributed by atoms with Crippen molar-refractivity contribution in [3.05, 3.63) is 215 Å². The highest BCUT2D eigenvalue weighted by molar-refractivity contribution is 6.05. The van der Waals surface area contributed by atoms with E-state index >= 15 is 0 Å². The van der Waals surface area contributed by atoms with Crippen molar-refractivity contribution in [2.75, 3.05) is 24.2 Å². The second-order valence-corrected chi connectivity index (χ2v) is 21.9. The van der Waals surface area contributed by atoms with Gasteiger partial charge in [-0.3, -0.25) is 10.0 Å². The normalized spacial score (nSPS) is 15.9. The molecule has 2 unspecified atom stereocenters. The van der Waals surface area contributed by atoms with Gasteiger partial charge in [-0.25, -0.2) is 9.97 Å². The van der Waals surface area contributed by atoms with Crippen LogP contribution in [-0.4, -0.2) is 35.6 Å². The molecule has 2 aliphatic heterocycles. The van der Waals surface area contributed by atoms with E-state index in [1.165, 1.54) is 11.1 Å². The molecule has 8 aromatic carbocycles. The Balaban J connectivity index is 0.784. The molecule has 4 heterocycles. The fraction of sp³-hybridized carbons (Fsp3) is 0.212. The number of oxazole rings is 2. The molecule has 0 fully saturated rings. The van der Waals surface area contributed by atoms with Gasteiger partial charge in [0, 0.05) is 24.0 Å². The first-order valence-electron chi connectivity index (χ1n) is 26.0. The predicted molar refractivity (Wildman–Crippen MR) is 307 cm³/mol. The number of ether oxygens (including phenoxy) is 2. The van der Waals surface area contributed by atoms with Crippen LogP contribution in [-0.2, 0) is 10.8 Å². The monoisotopic (exact) mass is 1000 g/mol. The Morgan fingerprint density at radius 2 is 0.750 bits per heavy atom. The maximum Gasteiger partial charge on any atom is 0.227 e. The lowest BCUT2D eigenvalue weighted by Crippen LogP contribution is -2.18. The van der Waals surface area contributed by atoms with Crippen LogP contribution in [0.25, 0.3) is 56.2 Å². The molecule has 10 heteroatoms. The van der Waals surface area contributed by atoms with Gasteiger partial charge in [0.1, 0.15) is 22.5 Å². The molecule has 0 saturated carbocycles. The first kappa shape index (κ1) is 48.2. The van der Waals surface area contributed by atoms with E-state index in [0.717, 1.165) is 114 Å². The highest BCUT2D eigenvalue weighted by Crippen LogP contribution is 2.41. The lowest BCUT2D eigenvalue weighted by Gasteiger charge is -2.24. The first-order valence-corrected chi connectivity index (χ1v) is 26.0. The molecule has 0 bridgehead atoms. The number of nitrogens with zero attached hydrogens (tertiary/aromatic N) is 6. The zero-order valence-corrected chi connectivity index (χ0v) is 44.2. The Morgan fingerprint density at radius 1 is 0.408 bits per heavy atom. The summed E-state index contributed by atoms with van der Waals surface area (Å²) < 4.78 is 23.5. The fourth-order valence-electron chi connectivity index (χ4n) is 10.3. The van der Waals surface area contributed by atoms with Crippen molar-refractivity contribution in [3.8, 4) is 45.5 Å². The number of fused-ring (bicyclic) bond motifs is 2. The largest absolute Gasteiger partial charge is 0.497 e. The topological polar surface area (TPSA) is 102 Å². The number of anilines is 2. The van der Waals surface area contributed by atoms with Crippen molar-refractivity contribution >= 4 is 45.0 Å². The lowest BCUT2D eigenvalue weighted by molar-refractivity contribution is 0.414. The summed E-state index contributed by atoms with van der Waals surface area (Å²) in [5.41, 5.74) is 18.3. The standard InChI is InChI=1S/C66H60N6O4/c1-65(2,3)49-25-35-61-57(37-49)67-63(75-61)47-17-27-51(28-18-47)71-59(45-21-31-53(73-7)32-22-45)39-55(69-71)43-13-9-41(10-14-43)42-11-15-44(16-12-42)56-40-60(46-23-33-54(74-8)34-24-46)72(70-56)52-29-19-48(20-30-52)64-68-58-38-50(66(4,5)6)26-36-62(58)76-64/h9-38,59-60H,39-40H2,1-8H3. The molecule has 0 saturated heterocycles. The average Bonchev–Trinajstić information content (AvgIpc) is 4.30. The molecule has 10 nitrogen and oxygen atoms in total. The molecular formula is C66H60N6O4. The van der Waals surface area contributed by atoms with Gasteiger partial charge in [0.15, 0.2) is 11.2 Å². The van der Waals surface area contributed by atoms with Crippen LogP contribution in [0, 0.1) is 0 Å². The number of benzene rings is 8. The molecule has 0 aliphatic carbocycles. The van der Waals surface area contributed by atoms with Gasteiger partial charge in [-0.15, -0.1) is 0 Å². The number of hydrogen-bond donors (Lipinski definition) is 0. The van der Waals surface area contributed by atoms with Crippen molar-refractivity contribution in [2.24, 2.45) is 10.2 Å². The zero-order chi connectivity index (χ0) is 52.3. The molecule has 0 spiro atoms. The Bertz CT molecular complexity index is 3530. The molecule has 2 aromatic heterocycles. The molecular weight excluding hydrogens is 941 g/mol. The quantitative estimate of drug-likeness (QED) is 0.126. The summed E-state index contributed by atoms with van der Waals surface area (Å²) in [5.74, 6) is 2.84. The minimum atomic E-state index is -0.0143. The van der Waals surface area contributed by atoms with Crippen LogP contribution < -0.4 is 19.5 Å². The summed E-state index contributed by atoms with van der Waals surface area (Å²) in [6.07, 6.45) is 1.47.